The Kier molecular flexibility index (Phi) is 4.65. The predicted molar refractivity (Wildman–Crippen MR) is 79.1 cm³/mol. The van der Waals surface area contributed by atoms with Crippen molar-refractivity contribution in [2.75, 3.05) is 11.4 Å². The van der Waals surface area contributed by atoms with Gasteiger partial charge in [0.15, 0.2) is 0 Å². The number of nitrogens with one attached hydrogen (secondary N) is 1. The fraction of sp³-hybridized carbons (Fsp3) is 0.625. The van der Waals surface area contributed by atoms with Crippen molar-refractivity contribution in [3.8, 4) is 0 Å². The molecule has 0 radical (unpaired) electrons. The van der Waals surface area contributed by atoms with E-state index in [0.29, 0.717) is 6.04 Å². The van der Waals surface area contributed by atoms with Gasteiger partial charge in [-0.05, 0) is 30.9 Å². The van der Waals surface area contributed by atoms with E-state index in [-0.39, 0.29) is 0 Å². The fourth-order valence-corrected chi connectivity index (χ4v) is 2.83. The maximum atomic E-state index is 3.53. The molecule has 2 heteroatoms. The number of benzene rings is 1. The Morgan fingerprint density at radius 1 is 1.33 bits per heavy atom. The lowest BCUT2D eigenvalue weighted by Crippen LogP contribution is -2.30. The molecule has 1 atom stereocenters. The molecular formula is C16H26N2. The summed E-state index contributed by atoms with van der Waals surface area (Å²) in [7, 11) is 0. The van der Waals surface area contributed by atoms with Gasteiger partial charge in [-0.25, -0.2) is 0 Å². The standard InChI is InChI=1S/C16H26N2/c1-4-15-9-7-11-18(15)16-10-6-5-8-14(16)12-17-13(2)3/h5-6,8,10,13,15,17H,4,7,9,11-12H2,1-3H3. The van der Waals surface area contributed by atoms with Gasteiger partial charge < -0.3 is 10.2 Å². The molecule has 18 heavy (non-hydrogen) atoms. The lowest BCUT2D eigenvalue weighted by atomic mass is 10.1. The van der Waals surface area contributed by atoms with Gasteiger partial charge in [-0.3, -0.25) is 0 Å². The molecule has 1 saturated heterocycles. The van der Waals surface area contributed by atoms with Crippen molar-refractivity contribution in [2.24, 2.45) is 0 Å². The molecule has 0 aromatic heterocycles. The Balaban J connectivity index is 2.16. The highest BCUT2D eigenvalue weighted by molar-refractivity contribution is 5.55. The quantitative estimate of drug-likeness (QED) is 0.854. The van der Waals surface area contributed by atoms with E-state index in [1.54, 1.807) is 0 Å². The van der Waals surface area contributed by atoms with Crippen LogP contribution in [0, 0.1) is 0 Å². The van der Waals surface area contributed by atoms with Crippen LogP contribution in [-0.4, -0.2) is 18.6 Å². The summed E-state index contributed by atoms with van der Waals surface area (Å²) in [6.07, 6.45) is 3.94. The first kappa shape index (κ1) is 13.4. The van der Waals surface area contributed by atoms with E-state index >= 15 is 0 Å². The van der Waals surface area contributed by atoms with Crippen molar-refractivity contribution in [1.29, 1.82) is 0 Å². The Morgan fingerprint density at radius 3 is 2.83 bits per heavy atom. The molecule has 0 bridgehead atoms. The number of hydrogen-bond acceptors (Lipinski definition) is 2. The molecule has 2 nitrogen and oxygen atoms in total. The summed E-state index contributed by atoms with van der Waals surface area (Å²) in [5.74, 6) is 0. The maximum Gasteiger partial charge on any atom is 0.0414 e. The monoisotopic (exact) mass is 246 g/mol. The third kappa shape index (κ3) is 3.05. The summed E-state index contributed by atoms with van der Waals surface area (Å²) in [5, 5.41) is 3.53. The van der Waals surface area contributed by atoms with Gasteiger partial charge in [0.05, 0.1) is 0 Å². The molecule has 1 aromatic carbocycles. The fourth-order valence-electron chi connectivity index (χ4n) is 2.83. The van der Waals surface area contributed by atoms with E-state index in [4.69, 9.17) is 0 Å². The first-order chi connectivity index (χ1) is 8.72. The Morgan fingerprint density at radius 2 is 2.11 bits per heavy atom. The molecule has 2 rings (SSSR count). The van der Waals surface area contributed by atoms with Gasteiger partial charge >= 0.3 is 0 Å². The molecule has 0 aliphatic carbocycles. The summed E-state index contributed by atoms with van der Waals surface area (Å²) in [6.45, 7) is 8.90. The minimum atomic E-state index is 0.540. The second-order valence-corrected chi connectivity index (χ2v) is 5.56. The van der Waals surface area contributed by atoms with Crippen molar-refractivity contribution in [3.63, 3.8) is 0 Å². The van der Waals surface area contributed by atoms with Crippen LogP contribution in [0.25, 0.3) is 0 Å². The zero-order chi connectivity index (χ0) is 13.0. The van der Waals surface area contributed by atoms with Crippen molar-refractivity contribution in [2.45, 2.75) is 58.7 Å². The van der Waals surface area contributed by atoms with Crippen LogP contribution in [0.3, 0.4) is 0 Å². The molecule has 1 fully saturated rings. The molecule has 100 valence electrons. The van der Waals surface area contributed by atoms with E-state index in [9.17, 15) is 0 Å². The summed E-state index contributed by atoms with van der Waals surface area (Å²) in [5.41, 5.74) is 2.88. The second kappa shape index (κ2) is 6.24. The molecule has 1 heterocycles. The number of anilines is 1. The third-order valence-corrected chi connectivity index (χ3v) is 3.85. The lowest BCUT2D eigenvalue weighted by molar-refractivity contribution is 0.585. The average molecular weight is 246 g/mol. The van der Waals surface area contributed by atoms with Crippen LogP contribution in [0.5, 0.6) is 0 Å². The number of para-hydroxylation sites is 1. The minimum absolute atomic E-state index is 0.540. The van der Waals surface area contributed by atoms with Gasteiger partial charge in [0.25, 0.3) is 0 Å². The smallest absolute Gasteiger partial charge is 0.0414 e. The lowest BCUT2D eigenvalue weighted by Gasteiger charge is -2.28. The highest BCUT2D eigenvalue weighted by atomic mass is 15.2. The van der Waals surface area contributed by atoms with Crippen LogP contribution in [-0.2, 0) is 6.54 Å². The van der Waals surface area contributed by atoms with Crippen molar-refractivity contribution >= 4 is 5.69 Å². The molecular weight excluding hydrogens is 220 g/mol. The molecule has 0 amide bonds. The first-order valence-corrected chi connectivity index (χ1v) is 7.30. The van der Waals surface area contributed by atoms with Gasteiger partial charge in [-0.15, -0.1) is 0 Å². The Hall–Kier alpha value is -1.02. The number of hydrogen-bond donors (Lipinski definition) is 1. The SMILES string of the molecule is CCC1CCCN1c1ccccc1CNC(C)C. The predicted octanol–water partition coefficient (Wildman–Crippen LogP) is 3.56. The zero-order valence-electron chi connectivity index (χ0n) is 11.9. The van der Waals surface area contributed by atoms with Crippen LogP contribution in [0.1, 0.15) is 45.6 Å². The normalized spacial score (nSPS) is 19.8. The first-order valence-electron chi connectivity index (χ1n) is 7.30. The molecule has 0 spiro atoms. The zero-order valence-corrected chi connectivity index (χ0v) is 11.9. The van der Waals surface area contributed by atoms with Gasteiger partial charge in [0.1, 0.15) is 0 Å². The number of nitrogens with zero attached hydrogens (tertiary/aromatic N) is 1. The summed E-state index contributed by atoms with van der Waals surface area (Å²) < 4.78 is 0. The minimum Gasteiger partial charge on any atom is -0.368 e. The summed E-state index contributed by atoms with van der Waals surface area (Å²) in [6, 6.07) is 10.1. The Bertz CT molecular complexity index is 373. The van der Waals surface area contributed by atoms with E-state index in [2.05, 4.69) is 55.3 Å². The highest BCUT2D eigenvalue weighted by Crippen LogP contribution is 2.30. The van der Waals surface area contributed by atoms with Crippen molar-refractivity contribution in [3.05, 3.63) is 29.8 Å². The molecule has 1 aliphatic rings. The topological polar surface area (TPSA) is 15.3 Å². The second-order valence-electron chi connectivity index (χ2n) is 5.56. The van der Waals surface area contributed by atoms with E-state index < -0.39 is 0 Å². The van der Waals surface area contributed by atoms with Crippen LogP contribution >= 0.6 is 0 Å². The molecule has 1 aromatic rings. The molecule has 1 unspecified atom stereocenters. The van der Waals surface area contributed by atoms with Crippen LogP contribution in [0.2, 0.25) is 0 Å². The van der Waals surface area contributed by atoms with E-state index in [0.717, 1.165) is 12.6 Å². The maximum absolute atomic E-state index is 3.53. The van der Waals surface area contributed by atoms with Crippen molar-refractivity contribution < 1.29 is 0 Å². The van der Waals surface area contributed by atoms with E-state index in [1.807, 2.05) is 0 Å². The third-order valence-electron chi connectivity index (χ3n) is 3.85. The van der Waals surface area contributed by atoms with Gasteiger partial charge in [0, 0.05) is 30.9 Å². The van der Waals surface area contributed by atoms with Gasteiger partial charge in [-0.2, -0.15) is 0 Å². The molecule has 1 aliphatic heterocycles. The van der Waals surface area contributed by atoms with E-state index in [1.165, 1.54) is 37.1 Å². The van der Waals surface area contributed by atoms with Gasteiger partial charge in [-0.1, -0.05) is 39.0 Å². The largest absolute Gasteiger partial charge is 0.368 e. The van der Waals surface area contributed by atoms with Crippen LogP contribution in [0.4, 0.5) is 5.69 Å². The van der Waals surface area contributed by atoms with Crippen molar-refractivity contribution in [1.82, 2.24) is 5.32 Å². The van der Waals surface area contributed by atoms with Crippen LogP contribution < -0.4 is 10.2 Å². The molecule has 1 N–H and O–H groups in total. The summed E-state index contributed by atoms with van der Waals surface area (Å²) >= 11 is 0. The highest BCUT2D eigenvalue weighted by Gasteiger charge is 2.24. The van der Waals surface area contributed by atoms with Gasteiger partial charge in [0.2, 0.25) is 0 Å². The summed E-state index contributed by atoms with van der Waals surface area (Å²) in [4.78, 5) is 2.61. The number of rotatable bonds is 5. The molecule has 0 saturated carbocycles. The average Bonchev–Trinajstić information content (AvgIpc) is 2.84. The Labute approximate surface area is 111 Å². The van der Waals surface area contributed by atoms with Crippen LogP contribution in [0.15, 0.2) is 24.3 Å².